The van der Waals surface area contributed by atoms with Gasteiger partial charge in [-0.1, -0.05) is 22.0 Å². The second-order valence-corrected chi connectivity index (χ2v) is 5.24. The van der Waals surface area contributed by atoms with E-state index in [2.05, 4.69) is 15.9 Å². The van der Waals surface area contributed by atoms with Crippen molar-refractivity contribution in [2.45, 2.75) is 19.6 Å². The van der Waals surface area contributed by atoms with Crippen molar-refractivity contribution in [2.75, 3.05) is 0 Å². The largest absolute Gasteiger partial charge is 0.488 e. The molecule has 5 heteroatoms. The Morgan fingerprint density at radius 3 is 2.45 bits per heavy atom. The normalized spacial score (nSPS) is 12.2. The van der Waals surface area contributed by atoms with Crippen LogP contribution < -0.4 is 4.74 Å². The van der Waals surface area contributed by atoms with Crippen LogP contribution in [0.1, 0.15) is 24.2 Å². The van der Waals surface area contributed by atoms with E-state index in [0.29, 0.717) is 10.0 Å². The summed E-state index contributed by atoms with van der Waals surface area (Å²) in [7, 11) is 0. The molecule has 1 atom stereocenters. The summed E-state index contributed by atoms with van der Waals surface area (Å²) in [5.74, 6) is -0.519. The van der Waals surface area contributed by atoms with Crippen LogP contribution in [-0.2, 0) is 6.61 Å². The highest BCUT2D eigenvalue weighted by molar-refractivity contribution is 9.10. The number of rotatable bonds is 4. The average Bonchev–Trinajstić information content (AvgIpc) is 2.37. The van der Waals surface area contributed by atoms with Crippen molar-refractivity contribution in [1.29, 1.82) is 0 Å². The SMILES string of the molecule is C[C@H](O)c1ccc(F)cc1OCc1ccc(F)cc1Br. The summed E-state index contributed by atoms with van der Waals surface area (Å²) in [5.41, 5.74) is 1.23. The van der Waals surface area contributed by atoms with Crippen LogP contribution in [0.25, 0.3) is 0 Å². The van der Waals surface area contributed by atoms with Crippen molar-refractivity contribution in [1.82, 2.24) is 0 Å². The van der Waals surface area contributed by atoms with Crippen molar-refractivity contribution < 1.29 is 18.6 Å². The third-order valence-corrected chi connectivity index (χ3v) is 3.56. The average molecular weight is 343 g/mol. The number of halogens is 3. The molecule has 0 aromatic heterocycles. The van der Waals surface area contributed by atoms with Gasteiger partial charge in [0.25, 0.3) is 0 Å². The topological polar surface area (TPSA) is 29.5 Å². The van der Waals surface area contributed by atoms with Gasteiger partial charge in [-0.3, -0.25) is 0 Å². The van der Waals surface area contributed by atoms with Gasteiger partial charge in [-0.2, -0.15) is 0 Å². The Morgan fingerprint density at radius 2 is 1.80 bits per heavy atom. The quantitative estimate of drug-likeness (QED) is 0.894. The van der Waals surface area contributed by atoms with E-state index in [-0.39, 0.29) is 18.2 Å². The van der Waals surface area contributed by atoms with E-state index in [1.165, 1.54) is 30.3 Å². The van der Waals surface area contributed by atoms with E-state index in [4.69, 9.17) is 4.74 Å². The maximum atomic E-state index is 13.2. The molecule has 106 valence electrons. The summed E-state index contributed by atoms with van der Waals surface area (Å²) in [6, 6.07) is 8.21. The Hall–Kier alpha value is -1.46. The van der Waals surface area contributed by atoms with Crippen LogP contribution >= 0.6 is 15.9 Å². The lowest BCUT2D eigenvalue weighted by molar-refractivity contribution is 0.189. The first-order chi connectivity index (χ1) is 9.47. The van der Waals surface area contributed by atoms with Gasteiger partial charge in [-0.25, -0.2) is 8.78 Å². The molecule has 0 unspecified atom stereocenters. The van der Waals surface area contributed by atoms with Gasteiger partial charge in [-0.15, -0.1) is 0 Å². The monoisotopic (exact) mass is 342 g/mol. The minimum atomic E-state index is -0.762. The van der Waals surface area contributed by atoms with E-state index in [9.17, 15) is 13.9 Å². The molecule has 2 nitrogen and oxygen atoms in total. The molecule has 0 saturated heterocycles. The first kappa shape index (κ1) is 14.9. The molecular weight excluding hydrogens is 330 g/mol. The molecule has 0 fully saturated rings. The molecule has 0 bridgehead atoms. The standard InChI is InChI=1S/C15H13BrF2O2/c1-9(19)13-5-4-12(18)7-15(13)20-8-10-2-3-11(17)6-14(10)16/h2-7,9,19H,8H2,1H3/t9-/m0/s1. The van der Waals surface area contributed by atoms with Crippen molar-refractivity contribution in [2.24, 2.45) is 0 Å². The minimum absolute atomic E-state index is 0.143. The van der Waals surface area contributed by atoms with Gasteiger partial charge in [0.15, 0.2) is 0 Å². The van der Waals surface area contributed by atoms with E-state index in [1.807, 2.05) is 0 Å². The second kappa shape index (κ2) is 6.33. The van der Waals surface area contributed by atoms with Crippen LogP contribution in [0.5, 0.6) is 5.75 Å². The molecule has 1 N–H and O–H groups in total. The van der Waals surface area contributed by atoms with Gasteiger partial charge < -0.3 is 9.84 Å². The van der Waals surface area contributed by atoms with Crippen molar-refractivity contribution in [3.63, 3.8) is 0 Å². The van der Waals surface area contributed by atoms with Crippen LogP contribution in [0.15, 0.2) is 40.9 Å². The molecule has 0 amide bonds. The molecule has 0 aliphatic carbocycles. The van der Waals surface area contributed by atoms with Gasteiger partial charge in [0.1, 0.15) is 24.0 Å². The van der Waals surface area contributed by atoms with E-state index < -0.39 is 11.9 Å². The lowest BCUT2D eigenvalue weighted by atomic mass is 10.1. The Balaban J connectivity index is 2.20. The van der Waals surface area contributed by atoms with E-state index >= 15 is 0 Å². The van der Waals surface area contributed by atoms with Crippen LogP contribution in [-0.4, -0.2) is 5.11 Å². The lowest BCUT2D eigenvalue weighted by Gasteiger charge is -2.14. The molecule has 2 rings (SSSR count). The van der Waals surface area contributed by atoms with Gasteiger partial charge in [-0.05, 0) is 31.2 Å². The Bertz CT molecular complexity index is 615. The zero-order valence-electron chi connectivity index (χ0n) is 10.7. The maximum Gasteiger partial charge on any atom is 0.128 e. The lowest BCUT2D eigenvalue weighted by Crippen LogP contribution is -2.02. The van der Waals surface area contributed by atoms with E-state index in [0.717, 1.165) is 5.56 Å². The number of aliphatic hydroxyl groups is 1. The van der Waals surface area contributed by atoms with Crippen LogP contribution in [0, 0.1) is 11.6 Å². The zero-order valence-corrected chi connectivity index (χ0v) is 12.3. The predicted octanol–water partition coefficient (Wildman–Crippen LogP) is 4.36. The van der Waals surface area contributed by atoms with Crippen molar-refractivity contribution in [3.05, 3.63) is 63.6 Å². The first-order valence-electron chi connectivity index (χ1n) is 6.01. The fraction of sp³-hybridized carbons (Fsp3) is 0.200. The molecule has 0 heterocycles. The fourth-order valence-corrected chi connectivity index (χ4v) is 2.24. The number of ether oxygens (including phenoxy) is 1. The Morgan fingerprint density at radius 1 is 1.15 bits per heavy atom. The highest BCUT2D eigenvalue weighted by Crippen LogP contribution is 2.28. The number of aliphatic hydroxyl groups excluding tert-OH is 1. The number of benzene rings is 2. The smallest absolute Gasteiger partial charge is 0.128 e. The molecule has 2 aromatic carbocycles. The van der Waals surface area contributed by atoms with Crippen molar-refractivity contribution >= 4 is 15.9 Å². The number of hydrogen-bond donors (Lipinski definition) is 1. The van der Waals surface area contributed by atoms with Crippen molar-refractivity contribution in [3.8, 4) is 5.75 Å². The molecule has 20 heavy (non-hydrogen) atoms. The maximum absolute atomic E-state index is 13.2. The van der Waals surface area contributed by atoms with Gasteiger partial charge in [0.2, 0.25) is 0 Å². The Kier molecular flexibility index (Phi) is 4.73. The molecule has 0 saturated carbocycles. The summed E-state index contributed by atoms with van der Waals surface area (Å²) >= 11 is 3.24. The molecule has 0 spiro atoms. The van der Waals surface area contributed by atoms with Crippen LogP contribution in [0.4, 0.5) is 8.78 Å². The third kappa shape index (κ3) is 3.55. The molecule has 0 aliphatic heterocycles. The zero-order chi connectivity index (χ0) is 14.7. The van der Waals surface area contributed by atoms with Crippen LogP contribution in [0.3, 0.4) is 0 Å². The van der Waals surface area contributed by atoms with Crippen LogP contribution in [0.2, 0.25) is 0 Å². The summed E-state index contributed by atoms with van der Waals surface area (Å²) in [5, 5.41) is 9.62. The van der Waals surface area contributed by atoms with Gasteiger partial charge in [0, 0.05) is 21.7 Å². The highest BCUT2D eigenvalue weighted by Gasteiger charge is 2.11. The summed E-state index contributed by atoms with van der Waals surface area (Å²) < 4.78 is 32.3. The van der Waals surface area contributed by atoms with Gasteiger partial charge >= 0.3 is 0 Å². The molecular formula is C15H13BrF2O2. The predicted molar refractivity (Wildman–Crippen MR) is 75.5 cm³/mol. The van der Waals surface area contributed by atoms with Gasteiger partial charge in [0.05, 0.1) is 6.10 Å². The third-order valence-electron chi connectivity index (χ3n) is 2.82. The first-order valence-corrected chi connectivity index (χ1v) is 6.81. The summed E-state index contributed by atoms with van der Waals surface area (Å²) in [4.78, 5) is 0. The molecule has 2 aromatic rings. The summed E-state index contributed by atoms with van der Waals surface area (Å²) in [6.07, 6.45) is -0.762. The van der Waals surface area contributed by atoms with E-state index in [1.54, 1.807) is 13.0 Å². The minimum Gasteiger partial charge on any atom is -0.488 e. The fourth-order valence-electron chi connectivity index (χ4n) is 1.77. The molecule has 0 radical (unpaired) electrons. The Labute approximate surface area is 124 Å². The second-order valence-electron chi connectivity index (χ2n) is 4.38. The highest BCUT2D eigenvalue weighted by atomic mass is 79.9. The number of hydrogen-bond acceptors (Lipinski definition) is 2. The molecule has 0 aliphatic rings. The summed E-state index contributed by atoms with van der Waals surface area (Å²) in [6.45, 7) is 1.72.